The number of anilines is 4. The second kappa shape index (κ2) is 8.99. The molecular formula is C26H34N8O2. The Morgan fingerprint density at radius 3 is 2.50 bits per heavy atom. The number of hydrogen-bond acceptors (Lipinski definition) is 9. The summed E-state index contributed by atoms with van der Waals surface area (Å²) in [6.45, 7) is 8.51. The summed E-state index contributed by atoms with van der Waals surface area (Å²) in [6.07, 6.45) is 8.15. The monoisotopic (exact) mass is 490 g/mol. The average molecular weight is 491 g/mol. The number of carbonyl (C=O) groups excluding carboxylic acids is 2. The Kier molecular flexibility index (Phi) is 5.78. The molecule has 190 valence electrons. The van der Waals surface area contributed by atoms with Crippen LogP contribution in [0, 0.1) is 0 Å². The van der Waals surface area contributed by atoms with Gasteiger partial charge in [0.2, 0.25) is 11.9 Å². The molecular weight excluding hydrogens is 456 g/mol. The molecule has 2 N–H and O–H groups in total. The highest BCUT2D eigenvalue weighted by molar-refractivity contribution is 6.11. The highest BCUT2D eigenvalue weighted by Gasteiger charge is 2.56. The summed E-state index contributed by atoms with van der Waals surface area (Å²) >= 11 is 0. The zero-order valence-corrected chi connectivity index (χ0v) is 21.0. The van der Waals surface area contributed by atoms with Crippen LogP contribution in [0.1, 0.15) is 51.5 Å². The van der Waals surface area contributed by atoms with Gasteiger partial charge in [0.05, 0.1) is 18.3 Å². The van der Waals surface area contributed by atoms with Crippen LogP contribution in [0.25, 0.3) is 0 Å². The van der Waals surface area contributed by atoms with Gasteiger partial charge < -0.3 is 15.5 Å². The number of hydrogen-bond donors (Lipinski definition) is 2. The van der Waals surface area contributed by atoms with Crippen molar-refractivity contribution in [1.29, 1.82) is 0 Å². The quantitative estimate of drug-likeness (QED) is 0.612. The number of piperazine rings is 1. The van der Waals surface area contributed by atoms with Crippen molar-refractivity contribution >= 4 is 35.1 Å². The standard InChI is InChI=1S/C26H34N8O2/c1-17(2)32-9-11-33(12-10-32)21-8-7-19(16-27-21)29-25-28-15-18-13-26(31-23(18)30-25)14-22(35)34(24(26)36)20-5-3-4-6-20/h7-8,15-17,20H,3-6,9-14H2,1-2H3,(H2,28,29,30,31). The first-order valence-electron chi connectivity index (χ1n) is 13.1. The molecule has 1 unspecified atom stereocenters. The van der Waals surface area contributed by atoms with Crippen LogP contribution in [-0.4, -0.2) is 80.4 Å². The summed E-state index contributed by atoms with van der Waals surface area (Å²) < 4.78 is 0. The highest BCUT2D eigenvalue weighted by Crippen LogP contribution is 2.41. The number of carbonyl (C=O) groups is 2. The van der Waals surface area contributed by atoms with Gasteiger partial charge >= 0.3 is 0 Å². The van der Waals surface area contributed by atoms with E-state index in [4.69, 9.17) is 0 Å². The van der Waals surface area contributed by atoms with Crippen LogP contribution in [0.5, 0.6) is 0 Å². The zero-order valence-electron chi connectivity index (χ0n) is 21.0. The van der Waals surface area contributed by atoms with E-state index in [1.807, 2.05) is 12.1 Å². The second-order valence-electron chi connectivity index (χ2n) is 10.8. The van der Waals surface area contributed by atoms with Gasteiger partial charge in [-0.05, 0) is 38.8 Å². The Morgan fingerprint density at radius 1 is 1.03 bits per heavy atom. The predicted molar refractivity (Wildman–Crippen MR) is 137 cm³/mol. The van der Waals surface area contributed by atoms with Crippen molar-refractivity contribution in [2.45, 2.75) is 70.0 Å². The molecule has 2 aromatic heterocycles. The Bertz CT molecular complexity index is 1160. The van der Waals surface area contributed by atoms with Crippen molar-refractivity contribution in [3.8, 4) is 0 Å². The van der Waals surface area contributed by atoms with Gasteiger partial charge in [0.1, 0.15) is 17.2 Å². The third-order valence-electron chi connectivity index (χ3n) is 8.13. The lowest BCUT2D eigenvalue weighted by atomic mass is 9.94. The molecule has 6 rings (SSSR count). The minimum absolute atomic E-state index is 0.0488. The maximum absolute atomic E-state index is 13.3. The average Bonchev–Trinajstić information content (AvgIpc) is 3.58. The molecule has 1 atom stereocenters. The van der Waals surface area contributed by atoms with Crippen molar-refractivity contribution in [3.63, 3.8) is 0 Å². The number of fused-ring (bicyclic) bond motifs is 1. The first kappa shape index (κ1) is 23.1. The number of nitrogens with one attached hydrogen (secondary N) is 2. The van der Waals surface area contributed by atoms with Crippen molar-refractivity contribution in [2.75, 3.05) is 41.7 Å². The van der Waals surface area contributed by atoms with E-state index >= 15 is 0 Å². The normalized spacial score (nSPS) is 24.8. The lowest BCUT2D eigenvalue weighted by Crippen LogP contribution is -2.49. The lowest BCUT2D eigenvalue weighted by Gasteiger charge is -2.37. The van der Waals surface area contributed by atoms with E-state index in [1.165, 1.54) is 4.90 Å². The third kappa shape index (κ3) is 4.07. The van der Waals surface area contributed by atoms with E-state index in [1.54, 1.807) is 12.4 Å². The number of likely N-dealkylation sites (tertiary alicyclic amines) is 1. The molecule has 2 saturated heterocycles. The maximum atomic E-state index is 13.3. The first-order chi connectivity index (χ1) is 17.4. The van der Waals surface area contributed by atoms with Crippen molar-refractivity contribution < 1.29 is 9.59 Å². The molecule has 3 aliphatic heterocycles. The molecule has 2 aromatic rings. The molecule has 5 heterocycles. The molecule has 4 aliphatic rings. The van der Waals surface area contributed by atoms with Gasteiger partial charge in [0.25, 0.3) is 5.91 Å². The zero-order chi connectivity index (χ0) is 24.9. The van der Waals surface area contributed by atoms with Gasteiger partial charge in [-0.1, -0.05) is 12.8 Å². The SMILES string of the molecule is CC(C)N1CCN(c2ccc(Nc3ncc4c(n3)NC3(CC(=O)N(C5CCCC5)C3=O)C4)cn2)CC1. The van der Waals surface area contributed by atoms with Gasteiger partial charge in [-0.25, -0.2) is 9.97 Å². The fourth-order valence-electron chi connectivity index (χ4n) is 6.07. The van der Waals surface area contributed by atoms with Crippen LogP contribution in [0.2, 0.25) is 0 Å². The fourth-order valence-corrected chi connectivity index (χ4v) is 6.07. The molecule has 10 heteroatoms. The maximum Gasteiger partial charge on any atom is 0.256 e. The van der Waals surface area contributed by atoms with Crippen molar-refractivity contribution in [3.05, 3.63) is 30.1 Å². The summed E-state index contributed by atoms with van der Waals surface area (Å²) in [7, 11) is 0. The van der Waals surface area contributed by atoms with Gasteiger partial charge in [-0.3, -0.25) is 19.4 Å². The van der Waals surface area contributed by atoms with Crippen molar-refractivity contribution in [2.24, 2.45) is 0 Å². The molecule has 0 radical (unpaired) electrons. The second-order valence-corrected chi connectivity index (χ2v) is 10.8. The topological polar surface area (TPSA) is 107 Å². The summed E-state index contributed by atoms with van der Waals surface area (Å²) in [5.41, 5.74) is 0.744. The Labute approximate surface area is 211 Å². The predicted octanol–water partition coefficient (Wildman–Crippen LogP) is 2.55. The molecule has 1 spiro atoms. The smallest absolute Gasteiger partial charge is 0.256 e. The van der Waals surface area contributed by atoms with Gasteiger partial charge in [0, 0.05) is 56.4 Å². The molecule has 0 bridgehead atoms. The molecule has 2 amide bonds. The summed E-state index contributed by atoms with van der Waals surface area (Å²) in [4.78, 5) is 46.2. The van der Waals surface area contributed by atoms with E-state index in [0.717, 1.165) is 68.9 Å². The number of pyridine rings is 1. The molecule has 36 heavy (non-hydrogen) atoms. The Balaban J connectivity index is 1.11. The highest BCUT2D eigenvalue weighted by atomic mass is 16.2. The van der Waals surface area contributed by atoms with Crippen LogP contribution < -0.4 is 15.5 Å². The summed E-state index contributed by atoms with van der Waals surface area (Å²) in [5.74, 6) is 1.84. The number of imide groups is 1. The first-order valence-corrected chi connectivity index (χ1v) is 13.1. The van der Waals surface area contributed by atoms with Crippen LogP contribution in [0.4, 0.5) is 23.3 Å². The van der Waals surface area contributed by atoms with E-state index < -0.39 is 5.54 Å². The van der Waals surface area contributed by atoms with Gasteiger partial charge in [-0.15, -0.1) is 0 Å². The van der Waals surface area contributed by atoms with E-state index in [9.17, 15) is 9.59 Å². The fraction of sp³-hybridized carbons (Fsp3) is 0.577. The van der Waals surface area contributed by atoms with Gasteiger partial charge in [-0.2, -0.15) is 4.98 Å². The number of rotatable bonds is 5. The Hall–Kier alpha value is -3.27. The molecule has 3 fully saturated rings. The molecule has 1 saturated carbocycles. The van der Waals surface area contributed by atoms with Crippen LogP contribution >= 0.6 is 0 Å². The summed E-state index contributed by atoms with van der Waals surface area (Å²) in [6, 6.07) is 4.63. The van der Waals surface area contributed by atoms with E-state index in [0.29, 0.717) is 24.2 Å². The largest absolute Gasteiger partial charge is 0.355 e. The van der Waals surface area contributed by atoms with E-state index in [2.05, 4.69) is 49.2 Å². The molecule has 0 aromatic carbocycles. The van der Waals surface area contributed by atoms with Crippen LogP contribution in [0.15, 0.2) is 24.5 Å². The minimum atomic E-state index is -0.919. The molecule has 10 nitrogen and oxygen atoms in total. The van der Waals surface area contributed by atoms with Crippen LogP contribution in [0.3, 0.4) is 0 Å². The number of amides is 2. The lowest BCUT2D eigenvalue weighted by molar-refractivity contribution is -0.142. The Morgan fingerprint density at radius 2 is 1.81 bits per heavy atom. The van der Waals surface area contributed by atoms with Crippen LogP contribution in [-0.2, 0) is 16.0 Å². The third-order valence-corrected chi connectivity index (χ3v) is 8.13. The minimum Gasteiger partial charge on any atom is -0.355 e. The van der Waals surface area contributed by atoms with E-state index in [-0.39, 0.29) is 24.3 Å². The number of nitrogens with zero attached hydrogens (tertiary/aromatic N) is 6. The molecule has 1 aliphatic carbocycles. The van der Waals surface area contributed by atoms with Crippen molar-refractivity contribution in [1.82, 2.24) is 24.8 Å². The number of aromatic nitrogens is 3. The van der Waals surface area contributed by atoms with Gasteiger partial charge in [0.15, 0.2) is 0 Å². The summed E-state index contributed by atoms with van der Waals surface area (Å²) in [5, 5.41) is 6.53.